The molecule has 0 saturated heterocycles. The van der Waals surface area contributed by atoms with Gasteiger partial charge >= 0.3 is 0 Å². The van der Waals surface area contributed by atoms with E-state index in [0.717, 1.165) is 25.3 Å². The maximum absolute atomic E-state index is 5.89. The Labute approximate surface area is 98.3 Å². The van der Waals surface area contributed by atoms with Gasteiger partial charge in [-0.3, -0.25) is 0 Å². The third kappa shape index (κ3) is 4.07. The van der Waals surface area contributed by atoms with E-state index in [0.29, 0.717) is 0 Å². The van der Waals surface area contributed by atoms with Gasteiger partial charge < -0.3 is 10.1 Å². The van der Waals surface area contributed by atoms with Crippen LogP contribution in [-0.2, 0) is 6.42 Å². The summed E-state index contributed by atoms with van der Waals surface area (Å²) in [5.74, 6) is 0.966. The molecule has 0 aliphatic rings. The van der Waals surface area contributed by atoms with E-state index in [1.54, 1.807) is 0 Å². The van der Waals surface area contributed by atoms with E-state index in [-0.39, 0.29) is 6.10 Å². The molecule has 0 bridgehead atoms. The molecule has 1 unspecified atom stereocenters. The number of ether oxygens (including phenoxy) is 1. The predicted molar refractivity (Wildman–Crippen MR) is 69.0 cm³/mol. The monoisotopic (exact) mass is 219 g/mol. The molecule has 2 nitrogen and oxygen atoms in total. The van der Waals surface area contributed by atoms with E-state index in [4.69, 9.17) is 4.74 Å². The maximum Gasteiger partial charge on any atom is 0.123 e. The number of rotatable bonds is 7. The molecule has 0 aliphatic carbocycles. The van der Waals surface area contributed by atoms with Crippen molar-refractivity contribution in [3.8, 4) is 5.75 Å². The lowest BCUT2D eigenvalue weighted by Crippen LogP contribution is -2.28. The fraction of sp³-hybridized carbons (Fsp3) is 0.429. The van der Waals surface area contributed by atoms with Crippen LogP contribution in [0.25, 0.3) is 0 Å². The molecular weight excluding hydrogens is 198 g/mol. The second kappa shape index (κ2) is 7.07. The average Bonchev–Trinajstić information content (AvgIpc) is 2.29. The van der Waals surface area contributed by atoms with E-state index < -0.39 is 0 Å². The van der Waals surface area contributed by atoms with Crippen molar-refractivity contribution >= 4 is 0 Å². The van der Waals surface area contributed by atoms with Crippen LogP contribution in [0.4, 0.5) is 0 Å². The molecule has 16 heavy (non-hydrogen) atoms. The lowest BCUT2D eigenvalue weighted by Gasteiger charge is -2.17. The molecule has 0 saturated carbocycles. The van der Waals surface area contributed by atoms with Gasteiger partial charge in [-0.25, -0.2) is 0 Å². The number of nitrogens with one attached hydrogen (secondary N) is 1. The highest BCUT2D eigenvalue weighted by Gasteiger charge is 2.06. The molecule has 0 heterocycles. The summed E-state index contributed by atoms with van der Waals surface area (Å²) in [6.07, 6.45) is 2.94. The van der Waals surface area contributed by atoms with Gasteiger partial charge in [0.1, 0.15) is 11.9 Å². The number of hydrogen-bond acceptors (Lipinski definition) is 2. The molecule has 0 aliphatic heterocycles. The smallest absolute Gasteiger partial charge is 0.123 e. The Morgan fingerprint density at radius 2 is 2.19 bits per heavy atom. The van der Waals surface area contributed by atoms with Crippen molar-refractivity contribution < 1.29 is 4.74 Å². The Bertz CT molecular complexity index is 322. The zero-order valence-corrected chi connectivity index (χ0v) is 10.2. The van der Waals surface area contributed by atoms with Gasteiger partial charge in [0.25, 0.3) is 0 Å². The molecule has 1 rings (SSSR count). The van der Waals surface area contributed by atoms with Crippen LogP contribution in [0, 0.1) is 0 Å². The first kappa shape index (κ1) is 12.8. The molecule has 1 atom stereocenters. The number of hydrogen-bond donors (Lipinski definition) is 1. The topological polar surface area (TPSA) is 21.3 Å². The van der Waals surface area contributed by atoms with Gasteiger partial charge in [-0.15, -0.1) is 6.58 Å². The lowest BCUT2D eigenvalue weighted by molar-refractivity contribution is 0.216. The van der Waals surface area contributed by atoms with Crippen LogP contribution in [-0.4, -0.2) is 19.2 Å². The summed E-state index contributed by atoms with van der Waals surface area (Å²) >= 11 is 0. The van der Waals surface area contributed by atoms with Crippen LogP contribution in [0.1, 0.15) is 19.4 Å². The molecule has 88 valence electrons. The molecule has 1 aromatic rings. The summed E-state index contributed by atoms with van der Waals surface area (Å²) in [4.78, 5) is 0. The van der Waals surface area contributed by atoms with Crippen molar-refractivity contribution in [3.05, 3.63) is 42.5 Å². The van der Waals surface area contributed by atoms with E-state index in [1.165, 1.54) is 5.56 Å². The minimum Gasteiger partial charge on any atom is -0.489 e. The minimum absolute atomic E-state index is 0.186. The molecule has 1 aromatic carbocycles. The van der Waals surface area contributed by atoms with Crippen molar-refractivity contribution in [2.45, 2.75) is 26.4 Å². The highest BCUT2D eigenvalue weighted by atomic mass is 16.5. The van der Waals surface area contributed by atoms with Gasteiger partial charge in [0.2, 0.25) is 0 Å². The van der Waals surface area contributed by atoms with Gasteiger partial charge in [-0.1, -0.05) is 31.2 Å². The Balaban J connectivity index is 2.60. The fourth-order valence-electron chi connectivity index (χ4n) is 1.55. The van der Waals surface area contributed by atoms with Crippen molar-refractivity contribution in [2.24, 2.45) is 0 Å². The second-order valence-electron chi connectivity index (χ2n) is 3.84. The van der Waals surface area contributed by atoms with Crippen molar-refractivity contribution in [2.75, 3.05) is 13.1 Å². The molecule has 0 radical (unpaired) electrons. The first-order valence-corrected chi connectivity index (χ1v) is 5.84. The van der Waals surface area contributed by atoms with Crippen LogP contribution in [0.15, 0.2) is 36.9 Å². The van der Waals surface area contributed by atoms with Gasteiger partial charge in [0.15, 0.2) is 0 Å². The van der Waals surface area contributed by atoms with E-state index in [2.05, 4.69) is 31.8 Å². The van der Waals surface area contributed by atoms with Crippen LogP contribution in [0.5, 0.6) is 5.75 Å². The number of allylic oxidation sites excluding steroid dienone is 1. The van der Waals surface area contributed by atoms with Gasteiger partial charge in [0.05, 0.1) is 0 Å². The molecule has 2 heteroatoms. The van der Waals surface area contributed by atoms with Crippen LogP contribution >= 0.6 is 0 Å². The standard InChI is InChI=1S/C14H21NO/c1-4-8-13-9-6-7-10-14(13)16-12(3)11-15-5-2/h4,6-7,9-10,12,15H,1,5,8,11H2,2-3H3. The molecule has 0 aromatic heterocycles. The van der Waals surface area contributed by atoms with Crippen molar-refractivity contribution in [3.63, 3.8) is 0 Å². The van der Waals surface area contributed by atoms with Crippen molar-refractivity contribution in [1.82, 2.24) is 5.32 Å². The fourth-order valence-corrected chi connectivity index (χ4v) is 1.55. The largest absolute Gasteiger partial charge is 0.489 e. The van der Waals surface area contributed by atoms with E-state index in [1.807, 2.05) is 24.3 Å². The summed E-state index contributed by atoms with van der Waals surface area (Å²) in [5.41, 5.74) is 1.20. The van der Waals surface area contributed by atoms with Crippen LogP contribution in [0.3, 0.4) is 0 Å². The van der Waals surface area contributed by atoms with Crippen LogP contribution < -0.4 is 10.1 Å². The number of para-hydroxylation sites is 1. The molecule has 0 fully saturated rings. The van der Waals surface area contributed by atoms with Gasteiger partial charge in [0, 0.05) is 6.54 Å². The predicted octanol–water partition coefficient (Wildman–Crippen LogP) is 2.79. The Morgan fingerprint density at radius 3 is 2.88 bits per heavy atom. The number of likely N-dealkylation sites (N-methyl/N-ethyl adjacent to an activating group) is 1. The SMILES string of the molecule is C=CCc1ccccc1OC(C)CNCC. The zero-order valence-electron chi connectivity index (χ0n) is 10.2. The highest BCUT2D eigenvalue weighted by molar-refractivity contribution is 5.34. The maximum atomic E-state index is 5.89. The third-order valence-electron chi connectivity index (χ3n) is 2.35. The first-order chi connectivity index (χ1) is 7.77. The molecule has 0 amide bonds. The Morgan fingerprint density at radius 1 is 1.44 bits per heavy atom. The van der Waals surface area contributed by atoms with E-state index in [9.17, 15) is 0 Å². The third-order valence-corrected chi connectivity index (χ3v) is 2.35. The van der Waals surface area contributed by atoms with Crippen LogP contribution in [0.2, 0.25) is 0 Å². The molecule has 1 N–H and O–H groups in total. The van der Waals surface area contributed by atoms with Gasteiger partial charge in [-0.2, -0.15) is 0 Å². The Kier molecular flexibility index (Phi) is 5.65. The highest BCUT2D eigenvalue weighted by Crippen LogP contribution is 2.19. The zero-order chi connectivity index (χ0) is 11.8. The first-order valence-electron chi connectivity index (χ1n) is 5.84. The summed E-state index contributed by atoms with van der Waals surface area (Å²) in [6.45, 7) is 9.78. The summed E-state index contributed by atoms with van der Waals surface area (Å²) in [7, 11) is 0. The molecule has 0 spiro atoms. The summed E-state index contributed by atoms with van der Waals surface area (Å²) in [6, 6.07) is 8.13. The van der Waals surface area contributed by atoms with Crippen molar-refractivity contribution in [1.29, 1.82) is 0 Å². The minimum atomic E-state index is 0.186. The Hall–Kier alpha value is -1.28. The second-order valence-corrected chi connectivity index (χ2v) is 3.84. The summed E-state index contributed by atoms with van der Waals surface area (Å²) < 4.78 is 5.89. The molecular formula is C14H21NO. The normalized spacial score (nSPS) is 12.1. The number of benzene rings is 1. The average molecular weight is 219 g/mol. The quantitative estimate of drug-likeness (QED) is 0.712. The summed E-state index contributed by atoms with van der Waals surface area (Å²) in [5, 5.41) is 3.27. The lowest BCUT2D eigenvalue weighted by atomic mass is 10.1. The van der Waals surface area contributed by atoms with E-state index >= 15 is 0 Å². The van der Waals surface area contributed by atoms with Gasteiger partial charge in [-0.05, 0) is 31.5 Å².